The average Bonchev–Trinajstić information content (AvgIpc) is 2.49. The maximum Gasteiger partial charge on any atom is 0.136 e. The third kappa shape index (κ3) is 2.69. The second-order valence-corrected chi connectivity index (χ2v) is 4.58. The highest BCUT2D eigenvalue weighted by molar-refractivity contribution is 5.67. The fourth-order valence-electron chi connectivity index (χ4n) is 2.08. The first kappa shape index (κ1) is 12.4. The van der Waals surface area contributed by atoms with Crippen LogP contribution in [0.25, 0.3) is 11.3 Å². The first-order valence-electron chi connectivity index (χ1n) is 6.59. The predicted octanol–water partition coefficient (Wildman–Crippen LogP) is 4.85. The molecular weight excluding hydrogens is 246 g/mol. The average molecular weight is 261 g/mol. The molecule has 2 nitrogen and oxygen atoms in total. The number of nitrogens with zero attached hydrogens (tertiary/aromatic N) is 1. The Morgan fingerprint density at radius 3 is 2.30 bits per heavy atom. The molecule has 0 aliphatic heterocycles. The van der Waals surface area contributed by atoms with E-state index in [1.54, 1.807) is 0 Å². The van der Waals surface area contributed by atoms with Crippen LogP contribution in [-0.4, -0.2) is 4.98 Å². The first-order chi connectivity index (χ1) is 9.83. The van der Waals surface area contributed by atoms with Gasteiger partial charge in [-0.15, -0.1) is 0 Å². The van der Waals surface area contributed by atoms with Crippen molar-refractivity contribution in [3.05, 3.63) is 78.5 Å². The summed E-state index contributed by atoms with van der Waals surface area (Å²) >= 11 is 0. The maximum atomic E-state index is 5.96. The Kier molecular flexibility index (Phi) is 3.46. The molecule has 0 fully saturated rings. The summed E-state index contributed by atoms with van der Waals surface area (Å²) < 4.78 is 5.96. The van der Waals surface area contributed by atoms with Crippen molar-refractivity contribution in [1.29, 1.82) is 0 Å². The zero-order chi connectivity index (χ0) is 13.8. The van der Waals surface area contributed by atoms with E-state index >= 15 is 0 Å². The van der Waals surface area contributed by atoms with Crippen LogP contribution in [0.15, 0.2) is 72.8 Å². The number of benzene rings is 2. The number of ether oxygens (including phenoxy) is 1. The smallest absolute Gasteiger partial charge is 0.136 e. The van der Waals surface area contributed by atoms with E-state index in [2.05, 4.69) is 4.98 Å². The monoisotopic (exact) mass is 261 g/mol. The van der Waals surface area contributed by atoms with Gasteiger partial charge in [0.25, 0.3) is 0 Å². The van der Waals surface area contributed by atoms with Crippen LogP contribution in [0.1, 0.15) is 5.69 Å². The van der Waals surface area contributed by atoms with Crippen molar-refractivity contribution in [2.75, 3.05) is 0 Å². The minimum atomic E-state index is 0.816. The second-order valence-electron chi connectivity index (χ2n) is 4.58. The molecule has 0 N–H and O–H groups in total. The van der Waals surface area contributed by atoms with Gasteiger partial charge in [0.2, 0.25) is 0 Å². The highest BCUT2D eigenvalue weighted by atomic mass is 16.5. The highest BCUT2D eigenvalue weighted by Gasteiger charge is 2.07. The molecule has 0 atom stereocenters. The van der Waals surface area contributed by atoms with Crippen LogP contribution < -0.4 is 4.74 Å². The Morgan fingerprint density at radius 2 is 1.50 bits per heavy atom. The molecule has 2 heteroatoms. The summed E-state index contributed by atoms with van der Waals surface area (Å²) in [5.41, 5.74) is 2.92. The molecule has 0 saturated carbocycles. The van der Waals surface area contributed by atoms with E-state index in [1.807, 2.05) is 79.7 Å². The summed E-state index contributed by atoms with van der Waals surface area (Å²) in [4.78, 5) is 4.57. The van der Waals surface area contributed by atoms with Crippen molar-refractivity contribution in [2.45, 2.75) is 6.92 Å². The van der Waals surface area contributed by atoms with E-state index in [1.165, 1.54) is 0 Å². The van der Waals surface area contributed by atoms with E-state index in [0.29, 0.717) is 0 Å². The van der Waals surface area contributed by atoms with Gasteiger partial charge in [0, 0.05) is 11.3 Å². The quantitative estimate of drug-likeness (QED) is 0.672. The molecule has 0 saturated heterocycles. The number of para-hydroxylation sites is 2. The van der Waals surface area contributed by atoms with Crippen LogP contribution >= 0.6 is 0 Å². The first-order valence-corrected chi connectivity index (χ1v) is 6.59. The number of rotatable bonds is 3. The zero-order valence-corrected chi connectivity index (χ0v) is 11.3. The Hall–Kier alpha value is -2.61. The van der Waals surface area contributed by atoms with Gasteiger partial charge >= 0.3 is 0 Å². The Morgan fingerprint density at radius 1 is 0.750 bits per heavy atom. The number of hydrogen-bond acceptors (Lipinski definition) is 2. The lowest BCUT2D eigenvalue weighted by Gasteiger charge is -2.11. The normalized spacial score (nSPS) is 10.2. The molecular formula is C18H15NO. The van der Waals surface area contributed by atoms with E-state index in [-0.39, 0.29) is 0 Å². The number of aromatic nitrogens is 1. The summed E-state index contributed by atoms with van der Waals surface area (Å²) in [5.74, 6) is 1.64. The predicted molar refractivity (Wildman–Crippen MR) is 80.9 cm³/mol. The molecule has 0 bridgehead atoms. The summed E-state index contributed by atoms with van der Waals surface area (Å²) in [5, 5.41) is 0. The van der Waals surface area contributed by atoms with Crippen molar-refractivity contribution in [3.8, 4) is 22.8 Å². The third-order valence-corrected chi connectivity index (χ3v) is 3.02. The van der Waals surface area contributed by atoms with Crippen molar-refractivity contribution in [3.63, 3.8) is 0 Å². The summed E-state index contributed by atoms with van der Waals surface area (Å²) in [7, 11) is 0. The van der Waals surface area contributed by atoms with Gasteiger partial charge in [-0.25, -0.2) is 0 Å². The van der Waals surface area contributed by atoms with Crippen LogP contribution in [-0.2, 0) is 0 Å². The number of aryl methyl sites for hydroxylation is 1. The van der Waals surface area contributed by atoms with Gasteiger partial charge < -0.3 is 4.74 Å². The Bertz CT molecular complexity index is 707. The molecule has 98 valence electrons. The second kappa shape index (κ2) is 5.57. The molecule has 0 unspecified atom stereocenters. The van der Waals surface area contributed by atoms with Crippen molar-refractivity contribution < 1.29 is 4.74 Å². The van der Waals surface area contributed by atoms with E-state index in [4.69, 9.17) is 4.74 Å². The van der Waals surface area contributed by atoms with Gasteiger partial charge in [-0.3, -0.25) is 4.98 Å². The van der Waals surface area contributed by atoms with Gasteiger partial charge in [-0.2, -0.15) is 0 Å². The molecule has 2 aromatic carbocycles. The van der Waals surface area contributed by atoms with E-state index in [0.717, 1.165) is 28.5 Å². The van der Waals surface area contributed by atoms with Crippen LogP contribution in [0.3, 0.4) is 0 Å². The van der Waals surface area contributed by atoms with Crippen LogP contribution in [0, 0.1) is 6.92 Å². The molecule has 0 aliphatic carbocycles. The lowest BCUT2D eigenvalue weighted by molar-refractivity contribution is 0.484. The van der Waals surface area contributed by atoms with Crippen molar-refractivity contribution in [2.24, 2.45) is 0 Å². The number of hydrogen-bond donors (Lipinski definition) is 0. The molecule has 3 aromatic rings. The summed E-state index contributed by atoms with van der Waals surface area (Å²) in [6.07, 6.45) is 0. The molecule has 0 radical (unpaired) electrons. The lowest BCUT2D eigenvalue weighted by Crippen LogP contribution is -1.91. The largest absolute Gasteiger partial charge is 0.457 e. The molecule has 20 heavy (non-hydrogen) atoms. The minimum absolute atomic E-state index is 0.816. The minimum Gasteiger partial charge on any atom is -0.457 e. The molecule has 3 rings (SSSR count). The Balaban J connectivity index is 2.00. The highest BCUT2D eigenvalue weighted by Crippen LogP contribution is 2.32. The Labute approximate surface area is 118 Å². The number of pyridine rings is 1. The van der Waals surface area contributed by atoms with E-state index < -0.39 is 0 Å². The molecule has 1 heterocycles. The SMILES string of the molecule is Cc1cccc(-c2ccccc2Oc2ccccc2)n1. The lowest BCUT2D eigenvalue weighted by atomic mass is 10.1. The van der Waals surface area contributed by atoms with Crippen LogP contribution in [0.4, 0.5) is 0 Å². The van der Waals surface area contributed by atoms with Crippen LogP contribution in [0.2, 0.25) is 0 Å². The zero-order valence-electron chi connectivity index (χ0n) is 11.3. The fraction of sp³-hybridized carbons (Fsp3) is 0.0556. The standard InChI is InChI=1S/C18H15NO/c1-14-8-7-12-17(19-14)16-11-5-6-13-18(16)20-15-9-3-2-4-10-15/h2-13H,1H3. The summed E-state index contributed by atoms with van der Waals surface area (Å²) in [6, 6.07) is 23.7. The van der Waals surface area contributed by atoms with Crippen molar-refractivity contribution in [1.82, 2.24) is 4.98 Å². The van der Waals surface area contributed by atoms with Gasteiger partial charge in [0.15, 0.2) is 0 Å². The van der Waals surface area contributed by atoms with Crippen LogP contribution in [0.5, 0.6) is 11.5 Å². The summed E-state index contributed by atoms with van der Waals surface area (Å²) in [6.45, 7) is 1.99. The van der Waals surface area contributed by atoms with E-state index in [9.17, 15) is 0 Å². The molecule has 0 aliphatic rings. The topological polar surface area (TPSA) is 22.1 Å². The van der Waals surface area contributed by atoms with Crippen molar-refractivity contribution >= 4 is 0 Å². The fourth-order valence-corrected chi connectivity index (χ4v) is 2.08. The maximum absolute atomic E-state index is 5.96. The van der Waals surface area contributed by atoms with Gasteiger partial charge in [-0.1, -0.05) is 36.4 Å². The van der Waals surface area contributed by atoms with Gasteiger partial charge in [0.05, 0.1) is 5.69 Å². The molecule has 0 amide bonds. The molecule has 0 spiro atoms. The molecule has 1 aromatic heterocycles. The van der Waals surface area contributed by atoms with Gasteiger partial charge in [0.1, 0.15) is 11.5 Å². The third-order valence-electron chi connectivity index (χ3n) is 3.02. The van der Waals surface area contributed by atoms with Gasteiger partial charge in [-0.05, 0) is 43.3 Å².